The van der Waals surface area contributed by atoms with Gasteiger partial charge in [0.05, 0.1) is 4.47 Å². The van der Waals surface area contributed by atoms with Gasteiger partial charge in [0.15, 0.2) is 0 Å². The molecule has 0 amide bonds. The van der Waals surface area contributed by atoms with Gasteiger partial charge in [0.1, 0.15) is 12.0 Å². The molecular formula is C11H13BrO2. The van der Waals surface area contributed by atoms with Gasteiger partial charge in [0, 0.05) is 6.42 Å². The Hall–Kier alpha value is -0.830. The zero-order chi connectivity index (χ0) is 10.7. The number of aldehydes is 1. The van der Waals surface area contributed by atoms with Crippen LogP contribution in [0.25, 0.3) is 0 Å². The average molecular weight is 257 g/mol. The first-order chi connectivity index (χ1) is 6.57. The largest absolute Gasteiger partial charge is 0.506 e. The molecule has 3 heteroatoms. The first-order valence-electron chi connectivity index (χ1n) is 4.49. The van der Waals surface area contributed by atoms with Crippen molar-refractivity contribution in [3.05, 3.63) is 27.2 Å². The van der Waals surface area contributed by atoms with Gasteiger partial charge >= 0.3 is 0 Å². The summed E-state index contributed by atoms with van der Waals surface area (Å²) in [5.41, 5.74) is 2.90. The lowest BCUT2D eigenvalue weighted by molar-refractivity contribution is -0.107. The molecule has 0 spiro atoms. The molecule has 0 aliphatic rings. The maximum Gasteiger partial charge on any atom is 0.133 e. The highest BCUT2D eigenvalue weighted by atomic mass is 79.9. The second-order valence-electron chi connectivity index (χ2n) is 3.36. The first kappa shape index (κ1) is 11.2. The number of hydrogen-bond donors (Lipinski definition) is 1. The Morgan fingerprint density at radius 1 is 1.43 bits per heavy atom. The predicted molar refractivity (Wildman–Crippen MR) is 59.7 cm³/mol. The van der Waals surface area contributed by atoms with Gasteiger partial charge in [-0.1, -0.05) is 6.07 Å². The Balaban J connectivity index is 3.15. The highest BCUT2D eigenvalue weighted by molar-refractivity contribution is 9.10. The number of aromatic hydroxyl groups is 1. The number of carbonyl (C=O) groups is 1. The fourth-order valence-electron chi connectivity index (χ4n) is 1.50. The third-order valence-electron chi connectivity index (χ3n) is 2.26. The van der Waals surface area contributed by atoms with Crippen molar-refractivity contribution in [1.29, 1.82) is 0 Å². The molecule has 1 aromatic rings. The Labute approximate surface area is 92.1 Å². The van der Waals surface area contributed by atoms with Crippen LogP contribution in [0.4, 0.5) is 0 Å². The van der Waals surface area contributed by atoms with Gasteiger partial charge in [-0.05, 0) is 52.9 Å². The molecule has 0 aliphatic carbocycles. The Morgan fingerprint density at radius 2 is 2.07 bits per heavy atom. The number of hydrogen-bond acceptors (Lipinski definition) is 2. The molecule has 0 aromatic heterocycles. The van der Waals surface area contributed by atoms with Gasteiger partial charge in [0.2, 0.25) is 0 Å². The normalized spacial score (nSPS) is 10.2. The molecule has 0 atom stereocenters. The summed E-state index contributed by atoms with van der Waals surface area (Å²) in [5, 5.41) is 9.82. The van der Waals surface area contributed by atoms with Crippen molar-refractivity contribution in [3.63, 3.8) is 0 Å². The third kappa shape index (κ3) is 2.15. The van der Waals surface area contributed by atoms with E-state index in [1.165, 1.54) is 0 Å². The van der Waals surface area contributed by atoms with Gasteiger partial charge in [-0.3, -0.25) is 0 Å². The monoisotopic (exact) mass is 256 g/mol. The number of rotatable bonds is 3. The number of carbonyl (C=O) groups excluding carboxylic acids is 1. The van der Waals surface area contributed by atoms with Crippen LogP contribution in [-0.2, 0) is 11.2 Å². The van der Waals surface area contributed by atoms with E-state index in [0.717, 1.165) is 27.4 Å². The molecule has 14 heavy (non-hydrogen) atoms. The van der Waals surface area contributed by atoms with Gasteiger partial charge in [-0.2, -0.15) is 0 Å². The molecule has 1 N–H and O–H groups in total. The minimum atomic E-state index is 0.268. The summed E-state index contributed by atoms with van der Waals surface area (Å²) in [6.45, 7) is 3.87. The van der Waals surface area contributed by atoms with Crippen LogP contribution in [0, 0.1) is 13.8 Å². The highest BCUT2D eigenvalue weighted by Crippen LogP contribution is 2.33. The molecule has 1 aromatic carbocycles. The van der Waals surface area contributed by atoms with Crippen LogP contribution in [0.1, 0.15) is 23.1 Å². The number of phenolic OH excluding ortho intramolecular Hbond substituents is 1. The van der Waals surface area contributed by atoms with Crippen LogP contribution >= 0.6 is 15.9 Å². The van der Waals surface area contributed by atoms with E-state index in [9.17, 15) is 9.90 Å². The molecule has 1 rings (SSSR count). The minimum Gasteiger partial charge on any atom is -0.506 e. The van der Waals surface area contributed by atoms with Gasteiger partial charge in [-0.25, -0.2) is 0 Å². The van der Waals surface area contributed by atoms with E-state index >= 15 is 0 Å². The second-order valence-corrected chi connectivity index (χ2v) is 4.15. The Morgan fingerprint density at radius 3 is 2.64 bits per heavy atom. The van der Waals surface area contributed by atoms with Crippen LogP contribution in [0.5, 0.6) is 5.75 Å². The molecule has 0 fully saturated rings. The minimum absolute atomic E-state index is 0.268. The van der Waals surface area contributed by atoms with Crippen molar-refractivity contribution in [2.45, 2.75) is 26.7 Å². The predicted octanol–water partition coefficient (Wildman–Crippen LogP) is 2.90. The van der Waals surface area contributed by atoms with Crippen LogP contribution < -0.4 is 0 Å². The fourth-order valence-corrected chi connectivity index (χ4v) is 1.85. The molecule has 0 unspecified atom stereocenters. The summed E-state index contributed by atoms with van der Waals surface area (Å²) in [7, 11) is 0. The standard InChI is InChI=1S/C11H13BrO2/c1-7-6-8(2)10(12)11(14)9(7)4-3-5-13/h5-6,14H,3-4H2,1-2H3. The maximum atomic E-state index is 10.3. The fraction of sp³-hybridized carbons (Fsp3) is 0.364. The van der Waals surface area contributed by atoms with Crippen molar-refractivity contribution >= 4 is 22.2 Å². The number of phenols is 1. The zero-order valence-electron chi connectivity index (χ0n) is 8.30. The van der Waals surface area contributed by atoms with Crippen molar-refractivity contribution in [1.82, 2.24) is 0 Å². The van der Waals surface area contributed by atoms with Crippen LogP contribution in [0.3, 0.4) is 0 Å². The number of halogens is 1. The smallest absolute Gasteiger partial charge is 0.133 e. The summed E-state index contributed by atoms with van der Waals surface area (Å²) < 4.78 is 0.726. The van der Waals surface area contributed by atoms with E-state index in [1.54, 1.807) is 0 Å². The average Bonchev–Trinajstić information content (AvgIpc) is 2.14. The van der Waals surface area contributed by atoms with E-state index in [1.807, 2.05) is 19.9 Å². The number of aryl methyl sites for hydroxylation is 2. The lowest BCUT2D eigenvalue weighted by Crippen LogP contribution is -1.94. The lowest BCUT2D eigenvalue weighted by Gasteiger charge is -2.11. The van der Waals surface area contributed by atoms with Crippen molar-refractivity contribution < 1.29 is 9.90 Å². The quantitative estimate of drug-likeness (QED) is 0.845. The van der Waals surface area contributed by atoms with Crippen molar-refractivity contribution in [3.8, 4) is 5.75 Å². The van der Waals surface area contributed by atoms with Crippen LogP contribution in [-0.4, -0.2) is 11.4 Å². The van der Waals surface area contributed by atoms with Gasteiger partial charge in [-0.15, -0.1) is 0 Å². The summed E-state index contributed by atoms with van der Waals surface area (Å²) >= 11 is 3.32. The topological polar surface area (TPSA) is 37.3 Å². The van der Waals surface area contributed by atoms with E-state index in [4.69, 9.17) is 0 Å². The Bertz CT molecular complexity index is 359. The van der Waals surface area contributed by atoms with Crippen molar-refractivity contribution in [2.24, 2.45) is 0 Å². The molecule has 0 bridgehead atoms. The maximum absolute atomic E-state index is 10.3. The van der Waals surface area contributed by atoms with Gasteiger partial charge < -0.3 is 9.90 Å². The molecule has 0 aliphatic heterocycles. The van der Waals surface area contributed by atoms with E-state index in [-0.39, 0.29) is 5.75 Å². The first-order valence-corrected chi connectivity index (χ1v) is 5.28. The highest BCUT2D eigenvalue weighted by Gasteiger charge is 2.10. The SMILES string of the molecule is Cc1cc(C)c(CCC=O)c(O)c1Br. The number of benzene rings is 1. The van der Waals surface area contributed by atoms with Crippen LogP contribution in [0.2, 0.25) is 0 Å². The Kier molecular flexibility index (Phi) is 3.69. The summed E-state index contributed by atoms with van der Waals surface area (Å²) in [5.74, 6) is 0.268. The van der Waals surface area contributed by atoms with Crippen molar-refractivity contribution in [2.75, 3.05) is 0 Å². The summed E-state index contributed by atoms with van der Waals surface area (Å²) in [4.78, 5) is 10.3. The second kappa shape index (κ2) is 4.60. The van der Waals surface area contributed by atoms with Gasteiger partial charge in [0.25, 0.3) is 0 Å². The van der Waals surface area contributed by atoms with E-state index in [2.05, 4.69) is 15.9 Å². The van der Waals surface area contributed by atoms with E-state index in [0.29, 0.717) is 12.8 Å². The molecule has 76 valence electrons. The molecule has 2 nitrogen and oxygen atoms in total. The summed E-state index contributed by atoms with van der Waals surface area (Å²) in [6.07, 6.45) is 1.91. The molecular weight excluding hydrogens is 244 g/mol. The molecule has 0 radical (unpaired) electrons. The van der Waals surface area contributed by atoms with Crippen LogP contribution in [0.15, 0.2) is 10.5 Å². The third-order valence-corrected chi connectivity index (χ3v) is 3.26. The molecule has 0 saturated carbocycles. The molecule has 0 saturated heterocycles. The molecule has 0 heterocycles. The zero-order valence-corrected chi connectivity index (χ0v) is 9.89. The lowest BCUT2D eigenvalue weighted by atomic mass is 10.0. The summed E-state index contributed by atoms with van der Waals surface area (Å²) in [6, 6.07) is 2.00. The van der Waals surface area contributed by atoms with E-state index < -0.39 is 0 Å².